The zero-order valence-electron chi connectivity index (χ0n) is 18.9. The van der Waals surface area contributed by atoms with Gasteiger partial charge in [-0.2, -0.15) is 0 Å². The quantitative estimate of drug-likeness (QED) is 0.521. The molecule has 2 aromatic carbocycles. The Hall–Kier alpha value is -3.25. The van der Waals surface area contributed by atoms with Crippen molar-refractivity contribution < 1.29 is 4.79 Å². The molecule has 0 spiro atoms. The van der Waals surface area contributed by atoms with E-state index in [1.54, 1.807) is 6.20 Å². The molecule has 5 rings (SSSR count). The Morgan fingerprint density at radius 2 is 1.88 bits per heavy atom. The molecule has 33 heavy (non-hydrogen) atoms. The lowest BCUT2D eigenvalue weighted by Gasteiger charge is -2.22. The number of aromatic nitrogens is 2. The molecular formula is C27H31N5O. The number of rotatable bonds is 6. The predicted octanol–water partition coefficient (Wildman–Crippen LogP) is 4.57. The van der Waals surface area contributed by atoms with E-state index in [1.807, 2.05) is 12.1 Å². The molecule has 1 heterocycles. The molecule has 0 unspecified atom stereocenters. The summed E-state index contributed by atoms with van der Waals surface area (Å²) in [5, 5.41) is 6.79. The third kappa shape index (κ3) is 4.91. The average Bonchev–Trinajstić information content (AvgIpc) is 3.27. The highest BCUT2D eigenvalue weighted by molar-refractivity contribution is 5.97. The largest absolute Gasteiger partial charge is 0.382 e. The fourth-order valence-corrected chi connectivity index (χ4v) is 5.06. The SMILES string of the molecule is Nc1ncc(-c2cccc(CN[C@H]3CCc4ccccc43)c2)nc1C(=O)NC1CCCCC1. The lowest BCUT2D eigenvalue weighted by molar-refractivity contribution is 0.0923. The Morgan fingerprint density at radius 3 is 2.76 bits per heavy atom. The number of nitrogen functional groups attached to an aromatic ring is 1. The van der Waals surface area contributed by atoms with Gasteiger partial charge in [-0.15, -0.1) is 0 Å². The molecule has 3 aromatic rings. The van der Waals surface area contributed by atoms with Gasteiger partial charge >= 0.3 is 0 Å². The number of benzene rings is 2. The number of hydrogen-bond acceptors (Lipinski definition) is 5. The van der Waals surface area contributed by atoms with E-state index in [0.717, 1.165) is 50.6 Å². The van der Waals surface area contributed by atoms with Crippen molar-refractivity contribution in [1.82, 2.24) is 20.6 Å². The van der Waals surface area contributed by atoms with Crippen LogP contribution in [-0.2, 0) is 13.0 Å². The number of nitrogens with two attached hydrogens (primary N) is 1. The first-order valence-corrected chi connectivity index (χ1v) is 12.0. The number of hydrogen-bond donors (Lipinski definition) is 3. The molecular weight excluding hydrogens is 410 g/mol. The van der Waals surface area contributed by atoms with Gasteiger partial charge in [-0.1, -0.05) is 61.7 Å². The van der Waals surface area contributed by atoms with E-state index in [4.69, 9.17) is 5.73 Å². The molecule has 1 fully saturated rings. The van der Waals surface area contributed by atoms with Crippen LogP contribution in [0.3, 0.4) is 0 Å². The van der Waals surface area contributed by atoms with Crippen molar-refractivity contribution >= 4 is 11.7 Å². The third-order valence-electron chi connectivity index (χ3n) is 6.86. The van der Waals surface area contributed by atoms with Gasteiger partial charge in [0.15, 0.2) is 11.5 Å². The molecule has 0 bridgehead atoms. The molecule has 6 heteroatoms. The van der Waals surface area contributed by atoms with Gasteiger partial charge in [0.25, 0.3) is 5.91 Å². The number of carbonyl (C=O) groups is 1. The van der Waals surface area contributed by atoms with E-state index in [1.165, 1.54) is 23.1 Å². The summed E-state index contributed by atoms with van der Waals surface area (Å²) < 4.78 is 0. The summed E-state index contributed by atoms with van der Waals surface area (Å²) in [6, 6.07) is 17.5. The van der Waals surface area contributed by atoms with Crippen LogP contribution in [0.25, 0.3) is 11.3 Å². The fraction of sp³-hybridized carbons (Fsp3) is 0.370. The van der Waals surface area contributed by atoms with Crippen molar-refractivity contribution in [2.45, 2.75) is 63.6 Å². The maximum Gasteiger partial charge on any atom is 0.273 e. The van der Waals surface area contributed by atoms with Crippen LogP contribution in [-0.4, -0.2) is 21.9 Å². The second-order valence-corrected chi connectivity index (χ2v) is 9.17. The maximum absolute atomic E-state index is 12.8. The molecule has 6 nitrogen and oxygen atoms in total. The Balaban J connectivity index is 1.29. The van der Waals surface area contributed by atoms with Crippen molar-refractivity contribution in [1.29, 1.82) is 0 Å². The van der Waals surface area contributed by atoms with Gasteiger partial charge in [-0.3, -0.25) is 4.79 Å². The zero-order chi connectivity index (χ0) is 22.6. The minimum absolute atomic E-state index is 0.171. The number of amides is 1. The highest BCUT2D eigenvalue weighted by Gasteiger charge is 2.22. The van der Waals surface area contributed by atoms with Crippen LogP contribution in [0.4, 0.5) is 5.82 Å². The highest BCUT2D eigenvalue weighted by atomic mass is 16.2. The highest BCUT2D eigenvalue weighted by Crippen LogP contribution is 2.31. The van der Waals surface area contributed by atoms with Crippen LogP contribution < -0.4 is 16.4 Å². The third-order valence-corrected chi connectivity index (χ3v) is 6.86. The van der Waals surface area contributed by atoms with Crippen LogP contribution >= 0.6 is 0 Å². The van der Waals surface area contributed by atoms with Crippen LogP contribution in [0.2, 0.25) is 0 Å². The van der Waals surface area contributed by atoms with Gasteiger partial charge in [0, 0.05) is 24.2 Å². The van der Waals surface area contributed by atoms with E-state index in [-0.39, 0.29) is 23.5 Å². The zero-order valence-corrected chi connectivity index (χ0v) is 18.9. The minimum atomic E-state index is -0.230. The number of aryl methyl sites for hydroxylation is 1. The Labute approximate surface area is 195 Å². The van der Waals surface area contributed by atoms with Gasteiger partial charge in [0.2, 0.25) is 0 Å². The van der Waals surface area contributed by atoms with Gasteiger partial charge in [0.05, 0.1) is 11.9 Å². The number of fused-ring (bicyclic) bond motifs is 1. The summed E-state index contributed by atoms with van der Waals surface area (Å²) in [6.45, 7) is 0.768. The van der Waals surface area contributed by atoms with Crippen molar-refractivity contribution in [2.24, 2.45) is 0 Å². The monoisotopic (exact) mass is 441 g/mol. The van der Waals surface area contributed by atoms with Crippen molar-refractivity contribution in [2.75, 3.05) is 5.73 Å². The molecule has 0 saturated heterocycles. The molecule has 2 aliphatic carbocycles. The van der Waals surface area contributed by atoms with Crippen LogP contribution in [0.5, 0.6) is 0 Å². The van der Waals surface area contributed by atoms with E-state index < -0.39 is 0 Å². The Bertz CT molecular complexity index is 1140. The van der Waals surface area contributed by atoms with Crippen molar-refractivity contribution in [3.05, 3.63) is 77.1 Å². The summed E-state index contributed by atoms with van der Waals surface area (Å²) in [6.07, 6.45) is 9.47. The molecule has 1 amide bonds. The topological polar surface area (TPSA) is 92.9 Å². The van der Waals surface area contributed by atoms with Gasteiger partial charge in [0.1, 0.15) is 0 Å². The normalized spacial score (nSPS) is 18.1. The van der Waals surface area contributed by atoms with Crippen LogP contribution in [0, 0.1) is 0 Å². The van der Waals surface area contributed by atoms with E-state index >= 15 is 0 Å². The molecule has 0 radical (unpaired) electrons. The van der Waals surface area contributed by atoms with E-state index in [0.29, 0.717) is 11.7 Å². The number of nitrogens with zero attached hydrogens (tertiary/aromatic N) is 2. The Morgan fingerprint density at radius 1 is 1.03 bits per heavy atom. The summed E-state index contributed by atoms with van der Waals surface area (Å²) in [4.78, 5) is 21.7. The maximum atomic E-state index is 12.8. The standard InChI is InChI=1S/C27H31N5O/c28-26-25(27(33)31-21-10-2-1-3-11-21)32-24(17-30-26)20-9-6-7-18(15-20)16-29-23-14-13-19-8-4-5-12-22(19)23/h4-9,12,15,17,21,23,29H,1-3,10-11,13-14,16H2,(H2,28,30)(H,31,33)/t23-/m0/s1. The summed E-state index contributed by atoms with van der Waals surface area (Å²) in [5.74, 6) is -0.0590. The molecule has 0 aliphatic heterocycles. The molecule has 2 aliphatic rings. The fourth-order valence-electron chi connectivity index (χ4n) is 5.06. The second-order valence-electron chi connectivity index (χ2n) is 9.17. The second kappa shape index (κ2) is 9.71. The minimum Gasteiger partial charge on any atom is -0.382 e. The first kappa shape index (κ1) is 21.6. The molecule has 1 aromatic heterocycles. The van der Waals surface area contributed by atoms with Gasteiger partial charge < -0.3 is 16.4 Å². The number of nitrogens with one attached hydrogen (secondary N) is 2. The molecule has 1 saturated carbocycles. The smallest absolute Gasteiger partial charge is 0.273 e. The lowest BCUT2D eigenvalue weighted by Crippen LogP contribution is -2.37. The lowest BCUT2D eigenvalue weighted by atomic mass is 9.95. The summed E-state index contributed by atoms with van der Waals surface area (Å²) in [7, 11) is 0. The molecule has 4 N–H and O–H groups in total. The number of carbonyl (C=O) groups excluding carboxylic acids is 1. The van der Waals surface area contributed by atoms with Crippen molar-refractivity contribution in [3.8, 4) is 11.3 Å². The first-order valence-electron chi connectivity index (χ1n) is 12.0. The van der Waals surface area contributed by atoms with Crippen LogP contribution in [0.1, 0.15) is 71.7 Å². The van der Waals surface area contributed by atoms with Gasteiger partial charge in [-0.25, -0.2) is 9.97 Å². The Kier molecular flexibility index (Phi) is 6.35. The molecule has 1 atom stereocenters. The van der Waals surface area contributed by atoms with Crippen molar-refractivity contribution in [3.63, 3.8) is 0 Å². The number of anilines is 1. The molecule has 170 valence electrons. The summed E-state index contributed by atoms with van der Waals surface area (Å²) in [5.41, 5.74) is 11.8. The van der Waals surface area contributed by atoms with E-state index in [2.05, 4.69) is 57.0 Å². The summed E-state index contributed by atoms with van der Waals surface area (Å²) >= 11 is 0. The van der Waals surface area contributed by atoms with Crippen LogP contribution in [0.15, 0.2) is 54.7 Å². The average molecular weight is 442 g/mol. The first-order chi connectivity index (χ1) is 16.2. The van der Waals surface area contributed by atoms with E-state index in [9.17, 15) is 4.79 Å². The van der Waals surface area contributed by atoms with Gasteiger partial charge in [-0.05, 0) is 48.4 Å². The predicted molar refractivity (Wildman–Crippen MR) is 131 cm³/mol.